The summed E-state index contributed by atoms with van der Waals surface area (Å²) in [4.78, 5) is 14.6. The Kier molecular flexibility index (Phi) is 1.67. The summed E-state index contributed by atoms with van der Waals surface area (Å²) in [6, 6.07) is 0. The lowest BCUT2D eigenvalue weighted by Crippen LogP contribution is -2.35. The molecule has 2 aliphatic rings. The predicted octanol–water partition coefficient (Wildman–Crippen LogP) is 0.690. The van der Waals surface area contributed by atoms with Crippen LogP contribution in [0.3, 0.4) is 0 Å². The van der Waals surface area contributed by atoms with E-state index >= 15 is 0 Å². The Morgan fingerprint density at radius 3 is 3.36 bits per heavy atom. The standard InChI is InChI=1S/C9H10N2O2S/c12-9-8-7-6(5-14-8)13-4-3-11(7)2-1-10-9/h5H,1-4H2,(H,10,12). The van der Waals surface area contributed by atoms with Crippen molar-refractivity contribution in [1.29, 1.82) is 0 Å². The lowest BCUT2D eigenvalue weighted by Gasteiger charge is -2.28. The number of hydrogen-bond acceptors (Lipinski definition) is 4. The van der Waals surface area contributed by atoms with Gasteiger partial charge in [-0.25, -0.2) is 0 Å². The summed E-state index contributed by atoms with van der Waals surface area (Å²) in [6.45, 7) is 3.20. The van der Waals surface area contributed by atoms with Crippen LogP contribution in [0.5, 0.6) is 5.75 Å². The monoisotopic (exact) mass is 210 g/mol. The van der Waals surface area contributed by atoms with Gasteiger partial charge in [0.2, 0.25) is 0 Å². The lowest BCUT2D eigenvalue weighted by molar-refractivity contribution is 0.0961. The number of carbonyl (C=O) groups is 1. The molecule has 1 N–H and O–H groups in total. The number of anilines is 1. The van der Waals surface area contributed by atoms with Crippen molar-refractivity contribution in [2.24, 2.45) is 0 Å². The van der Waals surface area contributed by atoms with Crippen molar-refractivity contribution in [3.8, 4) is 5.75 Å². The molecule has 1 aromatic rings. The summed E-state index contributed by atoms with van der Waals surface area (Å²) in [6.07, 6.45) is 0. The van der Waals surface area contributed by atoms with Crippen molar-refractivity contribution in [3.05, 3.63) is 10.3 Å². The molecule has 1 amide bonds. The van der Waals surface area contributed by atoms with Gasteiger partial charge < -0.3 is 15.0 Å². The maximum Gasteiger partial charge on any atom is 0.263 e. The van der Waals surface area contributed by atoms with Crippen molar-refractivity contribution in [3.63, 3.8) is 0 Å². The maximum atomic E-state index is 11.6. The Morgan fingerprint density at radius 2 is 2.43 bits per heavy atom. The first-order valence-corrected chi connectivity index (χ1v) is 5.51. The van der Waals surface area contributed by atoms with Crippen molar-refractivity contribution in [2.45, 2.75) is 0 Å². The fraction of sp³-hybridized carbons (Fsp3) is 0.444. The van der Waals surface area contributed by atoms with Crippen LogP contribution in [0.4, 0.5) is 5.69 Å². The first-order chi connectivity index (χ1) is 6.86. The molecule has 3 heterocycles. The zero-order chi connectivity index (χ0) is 9.54. The number of ether oxygens (including phenoxy) is 1. The van der Waals surface area contributed by atoms with Gasteiger partial charge in [0.25, 0.3) is 5.91 Å². The number of amides is 1. The fourth-order valence-corrected chi connectivity index (χ4v) is 2.81. The molecule has 0 saturated heterocycles. The van der Waals surface area contributed by atoms with E-state index in [2.05, 4.69) is 10.2 Å². The van der Waals surface area contributed by atoms with Gasteiger partial charge in [0, 0.05) is 18.5 Å². The van der Waals surface area contributed by atoms with Gasteiger partial charge in [0.15, 0.2) is 5.75 Å². The highest BCUT2D eigenvalue weighted by Crippen LogP contribution is 2.40. The van der Waals surface area contributed by atoms with E-state index in [0.717, 1.165) is 42.6 Å². The van der Waals surface area contributed by atoms with E-state index in [1.165, 1.54) is 11.3 Å². The molecule has 0 atom stereocenters. The van der Waals surface area contributed by atoms with E-state index in [1.807, 2.05) is 5.38 Å². The van der Waals surface area contributed by atoms with Crippen LogP contribution in [0.25, 0.3) is 0 Å². The van der Waals surface area contributed by atoms with Crippen molar-refractivity contribution in [1.82, 2.24) is 5.32 Å². The molecule has 3 rings (SSSR count). The summed E-state index contributed by atoms with van der Waals surface area (Å²) in [7, 11) is 0. The zero-order valence-electron chi connectivity index (χ0n) is 7.58. The van der Waals surface area contributed by atoms with Crippen LogP contribution in [-0.4, -0.2) is 32.1 Å². The molecule has 0 saturated carbocycles. The van der Waals surface area contributed by atoms with E-state index in [4.69, 9.17) is 4.74 Å². The third-order valence-corrected chi connectivity index (χ3v) is 3.49. The minimum absolute atomic E-state index is 0.0317. The average Bonchev–Trinajstić information content (AvgIpc) is 2.54. The van der Waals surface area contributed by atoms with Gasteiger partial charge in [-0.1, -0.05) is 0 Å². The van der Waals surface area contributed by atoms with Crippen LogP contribution in [0.1, 0.15) is 9.67 Å². The predicted molar refractivity (Wildman–Crippen MR) is 54.4 cm³/mol. The molecule has 1 aromatic heterocycles. The lowest BCUT2D eigenvalue weighted by atomic mass is 10.3. The molecule has 14 heavy (non-hydrogen) atoms. The Bertz CT molecular complexity index is 388. The summed E-state index contributed by atoms with van der Waals surface area (Å²) < 4.78 is 5.50. The Balaban J connectivity index is 2.16. The van der Waals surface area contributed by atoms with Gasteiger partial charge in [-0.2, -0.15) is 0 Å². The summed E-state index contributed by atoms with van der Waals surface area (Å²) in [5.41, 5.74) is 0.997. The number of thiophene rings is 1. The van der Waals surface area contributed by atoms with E-state index in [9.17, 15) is 4.79 Å². The molecule has 0 spiro atoms. The quantitative estimate of drug-likeness (QED) is 0.685. The molecule has 0 bridgehead atoms. The molecule has 0 aliphatic carbocycles. The largest absolute Gasteiger partial charge is 0.489 e. The van der Waals surface area contributed by atoms with Crippen LogP contribution < -0.4 is 15.0 Å². The normalized spacial score (nSPS) is 19.4. The van der Waals surface area contributed by atoms with E-state index in [1.54, 1.807) is 0 Å². The third kappa shape index (κ3) is 1.02. The molecule has 0 radical (unpaired) electrons. The molecule has 0 aromatic carbocycles. The number of nitrogens with one attached hydrogen (secondary N) is 1. The van der Waals surface area contributed by atoms with Gasteiger partial charge in [-0.15, -0.1) is 11.3 Å². The Labute approximate surface area is 85.5 Å². The molecule has 74 valence electrons. The first-order valence-electron chi connectivity index (χ1n) is 4.64. The molecule has 5 heteroatoms. The third-order valence-electron chi connectivity index (χ3n) is 2.54. The van der Waals surface area contributed by atoms with Crippen molar-refractivity contribution < 1.29 is 9.53 Å². The zero-order valence-corrected chi connectivity index (χ0v) is 8.39. The van der Waals surface area contributed by atoms with Gasteiger partial charge in [0.1, 0.15) is 17.2 Å². The second-order valence-corrected chi connectivity index (χ2v) is 4.25. The van der Waals surface area contributed by atoms with E-state index in [-0.39, 0.29) is 5.91 Å². The van der Waals surface area contributed by atoms with Crippen LogP contribution in [0.15, 0.2) is 5.38 Å². The smallest absolute Gasteiger partial charge is 0.263 e. The fourth-order valence-electron chi connectivity index (χ4n) is 1.88. The number of nitrogens with zero attached hydrogens (tertiary/aromatic N) is 1. The highest BCUT2D eigenvalue weighted by atomic mass is 32.1. The summed E-state index contributed by atoms with van der Waals surface area (Å²) >= 11 is 1.46. The Morgan fingerprint density at radius 1 is 1.50 bits per heavy atom. The van der Waals surface area contributed by atoms with Crippen LogP contribution in [0.2, 0.25) is 0 Å². The topological polar surface area (TPSA) is 41.6 Å². The molecule has 2 aliphatic heterocycles. The Hall–Kier alpha value is -1.23. The van der Waals surface area contributed by atoms with Gasteiger partial charge >= 0.3 is 0 Å². The van der Waals surface area contributed by atoms with Crippen LogP contribution in [0, 0.1) is 0 Å². The average molecular weight is 210 g/mol. The molecule has 0 fully saturated rings. The molecule has 4 nitrogen and oxygen atoms in total. The molecule has 0 unspecified atom stereocenters. The first kappa shape index (κ1) is 8.11. The summed E-state index contributed by atoms with van der Waals surface area (Å²) in [5.74, 6) is 0.901. The van der Waals surface area contributed by atoms with Crippen molar-refractivity contribution in [2.75, 3.05) is 31.1 Å². The van der Waals surface area contributed by atoms with Crippen LogP contribution >= 0.6 is 11.3 Å². The second kappa shape index (κ2) is 2.88. The summed E-state index contributed by atoms with van der Waals surface area (Å²) in [5, 5.41) is 4.80. The van der Waals surface area contributed by atoms with Gasteiger partial charge in [0.05, 0.1) is 6.54 Å². The van der Waals surface area contributed by atoms with E-state index in [0.29, 0.717) is 0 Å². The van der Waals surface area contributed by atoms with Gasteiger partial charge in [-0.05, 0) is 0 Å². The van der Waals surface area contributed by atoms with Crippen molar-refractivity contribution >= 4 is 22.9 Å². The minimum Gasteiger partial charge on any atom is -0.489 e. The van der Waals surface area contributed by atoms with E-state index < -0.39 is 0 Å². The highest BCUT2D eigenvalue weighted by molar-refractivity contribution is 7.13. The second-order valence-electron chi connectivity index (χ2n) is 3.37. The number of carbonyl (C=O) groups excluding carboxylic acids is 1. The highest BCUT2D eigenvalue weighted by Gasteiger charge is 2.29. The SMILES string of the molecule is O=C1NCCN2CCOc3csc1c32. The number of rotatable bonds is 0. The molecular formula is C9H10N2O2S. The minimum atomic E-state index is 0.0317. The van der Waals surface area contributed by atoms with Crippen LogP contribution in [-0.2, 0) is 0 Å². The van der Waals surface area contributed by atoms with Gasteiger partial charge in [-0.3, -0.25) is 4.79 Å². The molecular weight excluding hydrogens is 200 g/mol. The maximum absolute atomic E-state index is 11.6. The number of hydrogen-bond donors (Lipinski definition) is 1.